The summed E-state index contributed by atoms with van der Waals surface area (Å²) in [6, 6.07) is 0.305. The Bertz CT molecular complexity index is 341. The molecule has 0 aromatic rings. The first-order valence-electron chi connectivity index (χ1n) is 11.4. The molecule has 3 nitrogen and oxygen atoms in total. The third kappa shape index (κ3) is 13.6. The van der Waals surface area contributed by atoms with Gasteiger partial charge in [-0.05, 0) is 40.0 Å². The van der Waals surface area contributed by atoms with Gasteiger partial charge < -0.3 is 10.6 Å². The number of unbranched alkanes of at least 4 members (excludes halogenated alkanes) is 7. The Balaban J connectivity index is 4.32. The van der Waals surface area contributed by atoms with Crippen LogP contribution in [0.5, 0.6) is 0 Å². The third-order valence-electron chi connectivity index (χ3n) is 5.54. The van der Waals surface area contributed by atoms with Gasteiger partial charge >= 0.3 is 0 Å². The van der Waals surface area contributed by atoms with E-state index in [1.165, 1.54) is 57.8 Å². The van der Waals surface area contributed by atoms with Gasteiger partial charge in [0.2, 0.25) is 5.91 Å². The molecule has 0 rings (SSSR count). The van der Waals surface area contributed by atoms with E-state index in [4.69, 9.17) is 0 Å². The van der Waals surface area contributed by atoms with Gasteiger partial charge in [0.25, 0.3) is 0 Å². The van der Waals surface area contributed by atoms with Crippen molar-refractivity contribution in [2.45, 2.75) is 130 Å². The standard InChI is InChI=1S/C23H48N2O/c1-7-10-12-14-16-18-21(17-15-13-11-8-2)22(26)24-19-20(4)25-23(5,6)9-3/h20-21,25H,7-19H2,1-6H3,(H,24,26). The fourth-order valence-corrected chi connectivity index (χ4v) is 3.44. The molecule has 0 aromatic carbocycles. The van der Waals surface area contributed by atoms with Crippen LogP contribution < -0.4 is 10.6 Å². The van der Waals surface area contributed by atoms with Gasteiger partial charge in [0.1, 0.15) is 0 Å². The number of nitrogens with one attached hydrogen (secondary N) is 2. The second-order valence-electron chi connectivity index (χ2n) is 8.78. The van der Waals surface area contributed by atoms with Crippen molar-refractivity contribution in [3.8, 4) is 0 Å². The van der Waals surface area contributed by atoms with Crippen LogP contribution in [0.1, 0.15) is 119 Å². The molecule has 0 aliphatic carbocycles. The number of carbonyl (C=O) groups is 1. The molecule has 1 amide bonds. The van der Waals surface area contributed by atoms with Gasteiger partial charge in [0.05, 0.1) is 0 Å². The van der Waals surface area contributed by atoms with E-state index in [2.05, 4.69) is 52.2 Å². The largest absolute Gasteiger partial charge is 0.354 e. The first-order chi connectivity index (χ1) is 12.4. The van der Waals surface area contributed by atoms with Crippen LogP contribution in [0.15, 0.2) is 0 Å². The zero-order chi connectivity index (χ0) is 19.8. The number of amides is 1. The van der Waals surface area contributed by atoms with Crippen molar-refractivity contribution < 1.29 is 4.79 Å². The van der Waals surface area contributed by atoms with E-state index in [1.54, 1.807) is 0 Å². The highest BCUT2D eigenvalue weighted by Crippen LogP contribution is 2.19. The summed E-state index contributed by atoms with van der Waals surface area (Å²) in [6.07, 6.45) is 14.6. The lowest BCUT2D eigenvalue weighted by molar-refractivity contribution is -0.125. The Labute approximate surface area is 164 Å². The van der Waals surface area contributed by atoms with Crippen LogP contribution in [0, 0.1) is 5.92 Å². The molecule has 3 heteroatoms. The summed E-state index contributed by atoms with van der Waals surface area (Å²) in [4.78, 5) is 12.7. The van der Waals surface area contributed by atoms with Crippen LogP contribution in [0.2, 0.25) is 0 Å². The van der Waals surface area contributed by atoms with E-state index in [0.717, 1.165) is 25.8 Å². The van der Waals surface area contributed by atoms with Crippen molar-refractivity contribution in [2.24, 2.45) is 5.92 Å². The lowest BCUT2D eigenvalue weighted by Gasteiger charge is -2.29. The van der Waals surface area contributed by atoms with E-state index in [9.17, 15) is 4.79 Å². The fraction of sp³-hybridized carbons (Fsp3) is 0.957. The number of carbonyl (C=O) groups excluding carboxylic acids is 1. The predicted molar refractivity (Wildman–Crippen MR) is 116 cm³/mol. The second kappa shape index (κ2) is 15.5. The van der Waals surface area contributed by atoms with Crippen LogP contribution in [-0.4, -0.2) is 24.0 Å². The van der Waals surface area contributed by atoms with E-state index in [0.29, 0.717) is 6.04 Å². The average molecular weight is 369 g/mol. The van der Waals surface area contributed by atoms with Gasteiger partial charge in [-0.2, -0.15) is 0 Å². The summed E-state index contributed by atoms with van der Waals surface area (Å²) in [5.74, 6) is 0.486. The molecule has 0 fully saturated rings. The Morgan fingerprint density at radius 1 is 0.846 bits per heavy atom. The van der Waals surface area contributed by atoms with E-state index in [1.807, 2.05) is 0 Å². The zero-order valence-electron chi connectivity index (χ0n) is 18.8. The van der Waals surface area contributed by atoms with Gasteiger partial charge in [-0.3, -0.25) is 4.79 Å². The first kappa shape index (κ1) is 25.4. The molecule has 2 unspecified atom stereocenters. The molecule has 0 spiro atoms. The minimum Gasteiger partial charge on any atom is -0.354 e. The van der Waals surface area contributed by atoms with Crippen molar-refractivity contribution in [1.82, 2.24) is 10.6 Å². The summed E-state index contributed by atoms with van der Waals surface area (Å²) in [7, 11) is 0. The highest BCUT2D eigenvalue weighted by Gasteiger charge is 2.20. The Kier molecular flexibility index (Phi) is 15.1. The molecule has 26 heavy (non-hydrogen) atoms. The van der Waals surface area contributed by atoms with Crippen LogP contribution in [0.3, 0.4) is 0 Å². The maximum Gasteiger partial charge on any atom is 0.223 e. The second-order valence-corrected chi connectivity index (χ2v) is 8.78. The molecule has 2 N–H and O–H groups in total. The van der Waals surface area contributed by atoms with Crippen LogP contribution in [-0.2, 0) is 4.79 Å². The van der Waals surface area contributed by atoms with Crippen molar-refractivity contribution in [2.75, 3.05) is 6.54 Å². The van der Waals surface area contributed by atoms with Gasteiger partial charge in [-0.25, -0.2) is 0 Å². The molecule has 0 saturated carbocycles. The Morgan fingerprint density at radius 3 is 1.85 bits per heavy atom. The van der Waals surface area contributed by atoms with Gasteiger partial charge in [-0.15, -0.1) is 0 Å². The lowest BCUT2D eigenvalue weighted by Crippen LogP contribution is -2.49. The van der Waals surface area contributed by atoms with E-state index < -0.39 is 0 Å². The molecule has 0 aliphatic rings. The molecule has 0 bridgehead atoms. The van der Waals surface area contributed by atoms with Crippen LogP contribution >= 0.6 is 0 Å². The minimum absolute atomic E-state index is 0.128. The van der Waals surface area contributed by atoms with E-state index in [-0.39, 0.29) is 17.4 Å². The molecule has 0 heterocycles. The fourth-order valence-electron chi connectivity index (χ4n) is 3.44. The summed E-state index contributed by atoms with van der Waals surface area (Å²) >= 11 is 0. The zero-order valence-corrected chi connectivity index (χ0v) is 18.8. The summed E-state index contributed by atoms with van der Waals surface area (Å²) in [5, 5.41) is 6.83. The molecule has 0 radical (unpaired) electrons. The van der Waals surface area contributed by atoms with Gasteiger partial charge in [0.15, 0.2) is 0 Å². The Hall–Kier alpha value is -0.570. The van der Waals surface area contributed by atoms with Crippen molar-refractivity contribution in [3.05, 3.63) is 0 Å². The summed E-state index contributed by atoms with van der Waals surface area (Å²) < 4.78 is 0. The highest BCUT2D eigenvalue weighted by atomic mass is 16.1. The summed E-state index contributed by atoms with van der Waals surface area (Å²) in [5.41, 5.74) is 0.128. The molecule has 0 saturated heterocycles. The molecule has 0 aliphatic heterocycles. The Morgan fingerprint density at radius 2 is 1.35 bits per heavy atom. The SMILES string of the molecule is CCCCCCCC(CCCCCC)C(=O)NCC(C)NC(C)(C)CC. The smallest absolute Gasteiger partial charge is 0.223 e. The quantitative estimate of drug-likeness (QED) is 0.299. The maximum absolute atomic E-state index is 12.7. The molecule has 156 valence electrons. The molecule has 0 aromatic heterocycles. The summed E-state index contributed by atoms with van der Waals surface area (Å²) in [6.45, 7) is 14.0. The van der Waals surface area contributed by atoms with E-state index >= 15 is 0 Å². The predicted octanol–water partition coefficient (Wildman–Crippen LogP) is 6.22. The monoisotopic (exact) mass is 368 g/mol. The number of hydrogen-bond donors (Lipinski definition) is 2. The number of hydrogen-bond acceptors (Lipinski definition) is 2. The van der Waals surface area contributed by atoms with Crippen molar-refractivity contribution in [3.63, 3.8) is 0 Å². The molecule has 2 atom stereocenters. The average Bonchev–Trinajstić information content (AvgIpc) is 2.61. The normalized spacial score (nSPS) is 14.2. The third-order valence-corrected chi connectivity index (χ3v) is 5.54. The molecular formula is C23H48N2O. The van der Waals surface area contributed by atoms with Gasteiger partial charge in [0, 0.05) is 24.0 Å². The highest BCUT2D eigenvalue weighted by molar-refractivity contribution is 5.78. The topological polar surface area (TPSA) is 41.1 Å². The maximum atomic E-state index is 12.7. The number of rotatable bonds is 17. The molecular weight excluding hydrogens is 320 g/mol. The minimum atomic E-state index is 0.128. The van der Waals surface area contributed by atoms with Crippen molar-refractivity contribution >= 4 is 5.91 Å². The van der Waals surface area contributed by atoms with Gasteiger partial charge in [-0.1, -0.05) is 78.6 Å². The lowest BCUT2D eigenvalue weighted by atomic mass is 9.93. The van der Waals surface area contributed by atoms with Crippen LogP contribution in [0.25, 0.3) is 0 Å². The van der Waals surface area contributed by atoms with Crippen LogP contribution in [0.4, 0.5) is 0 Å². The van der Waals surface area contributed by atoms with Crippen molar-refractivity contribution in [1.29, 1.82) is 0 Å². The first-order valence-corrected chi connectivity index (χ1v) is 11.4.